The smallest absolute Gasteiger partial charge is 0.0622 e. The third-order valence-electron chi connectivity index (χ3n) is 6.21. The number of hydrogen-bond acceptors (Lipinski definition) is 2. The van der Waals surface area contributed by atoms with Crippen LogP contribution < -0.4 is 0 Å². The molecule has 2 N–H and O–H groups in total. The first-order valence-electron chi connectivity index (χ1n) is 12.9. The van der Waals surface area contributed by atoms with Crippen molar-refractivity contribution in [2.45, 2.75) is 144 Å². The molecule has 0 aromatic carbocycles. The van der Waals surface area contributed by atoms with Crippen molar-refractivity contribution < 1.29 is 10.2 Å². The van der Waals surface area contributed by atoms with Crippen molar-refractivity contribution >= 4 is 0 Å². The van der Waals surface area contributed by atoms with Gasteiger partial charge in [0.2, 0.25) is 0 Å². The largest absolute Gasteiger partial charge is 0.390 e. The van der Waals surface area contributed by atoms with Crippen LogP contribution in [0.4, 0.5) is 0 Å². The summed E-state index contributed by atoms with van der Waals surface area (Å²) in [6.07, 6.45) is 20.6. The molecule has 0 heterocycles. The van der Waals surface area contributed by atoms with Crippen LogP contribution in [0.25, 0.3) is 0 Å². The molecule has 0 spiro atoms. The summed E-state index contributed by atoms with van der Waals surface area (Å²) in [5.74, 6) is 0. The first kappa shape index (κ1) is 30.9. The summed E-state index contributed by atoms with van der Waals surface area (Å²) in [7, 11) is 0. The van der Waals surface area contributed by atoms with Gasteiger partial charge in [0, 0.05) is 0 Å². The molecule has 2 nitrogen and oxygen atoms in total. The molecule has 0 saturated heterocycles. The second-order valence-electron chi connectivity index (χ2n) is 11.0. The van der Waals surface area contributed by atoms with Crippen LogP contribution >= 0.6 is 0 Å². The minimum Gasteiger partial charge on any atom is -0.390 e. The predicted molar refractivity (Wildman–Crippen MR) is 143 cm³/mol. The van der Waals surface area contributed by atoms with Gasteiger partial charge in [-0.25, -0.2) is 0 Å². The Bertz CT molecular complexity index is 565. The van der Waals surface area contributed by atoms with Crippen molar-refractivity contribution in [1.82, 2.24) is 0 Å². The quantitative estimate of drug-likeness (QED) is 0.173. The minimum atomic E-state index is -0.617. The lowest BCUT2D eigenvalue weighted by atomic mass is 9.89. The molecule has 0 fully saturated rings. The predicted octanol–water partition coefficient (Wildman–Crippen LogP) is 8.99. The lowest BCUT2D eigenvalue weighted by Crippen LogP contribution is -2.25. The molecule has 0 aliphatic carbocycles. The zero-order valence-electron chi connectivity index (χ0n) is 22.7. The Kier molecular flexibility index (Phi) is 15.9. The maximum Gasteiger partial charge on any atom is 0.0622 e. The molecule has 0 amide bonds. The van der Waals surface area contributed by atoms with E-state index in [0.29, 0.717) is 0 Å². The van der Waals surface area contributed by atoms with Crippen LogP contribution in [0.5, 0.6) is 0 Å². The fourth-order valence-electron chi connectivity index (χ4n) is 3.90. The average Bonchev–Trinajstić information content (AvgIpc) is 2.64. The molecule has 32 heavy (non-hydrogen) atoms. The van der Waals surface area contributed by atoms with Gasteiger partial charge < -0.3 is 10.2 Å². The van der Waals surface area contributed by atoms with Crippen molar-refractivity contribution in [3.8, 4) is 0 Å². The lowest BCUT2D eigenvalue weighted by molar-refractivity contribution is 0.0258. The van der Waals surface area contributed by atoms with E-state index in [1.807, 2.05) is 13.8 Å². The molecule has 0 aromatic rings. The number of aliphatic hydroxyl groups is 2. The van der Waals surface area contributed by atoms with Crippen LogP contribution in [-0.4, -0.2) is 21.4 Å². The van der Waals surface area contributed by atoms with E-state index in [1.165, 1.54) is 22.3 Å². The molecule has 0 radical (unpaired) electrons. The lowest BCUT2D eigenvalue weighted by Gasteiger charge is -2.25. The van der Waals surface area contributed by atoms with Gasteiger partial charge >= 0.3 is 0 Å². The van der Waals surface area contributed by atoms with E-state index in [1.54, 1.807) is 0 Å². The SMILES string of the molecule is CC(C)=CCC/C(C)=C\CCC(C)(O)CCCCC(C)(O)CC/C=C(\C)CCC=C(C)C. The van der Waals surface area contributed by atoms with Crippen molar-refractivity contribution in [1.29, 1.82) is 0 Å². The van der Waals surface area contributed by atoms with Crippen molar-refractivity contribution in [2.75, 3.05) is 0 Å². The molecule has 0 rings (SSSR count). The third-order valence-corrected chi connectivity index (χ3v) is 6.21. The summed E-state index contributed by atoms with van der Waals surface area (Å²) in [4.78, 5) is 0. The third kappa shape index (κ3) is 19.6. The summed E-state index contributed by atoms with van der Waals surface area (Å²) in [6, 6.07) is 0. The zero-order chi connectivity index (χ0) is 24.6. The van der Waals surface area contributed by atoms with Gasteiger partial charge in [0.25, 0.3) is 0 Å². The second-order valence-corrected chi connectivity index (χ2v) is 11.0. The Morgan fingerprint density at radius 2 is 0.875 bits per heavy atom. The molecule has 0 saturated carbocycles. The summed E-state index contributed by atoms with van der Waals surface area (Å²) in [5.41, 5.74) is 4.34. The van der Waals surface area contributed by atoms with E-state index in [-0.39, 0.29) is 0 Å². The van der Waals surface area contributed by atoms with Gasteiger partial charge in [0.15, 0.2) is 0 Å². The van der Waals surface area contributed by atoms with E-state index < -0.39 is 11.2 Å². The average molecular weight is 447 g/mol. The van der Waals surface area contributed by atoms with Gasteiger partial charge in [0.1, 0.15) is 0 Å². The first-order valence-corrected chi connectivity index (χ1v) is 12.9. The van der Waals surface area contributed by atoms with Gasteiger partial charge in [-0.2, -0.15) is 0 Å². The first-order chi connectivity index (χ1) is 14.8. The Labute approximate surface area is 200 Å². The van der Waals surface area contributed by atoms with Crippen molar-refractivity contribution in [3.63, 3.8) is 0 Å². The van der Waals surface area contributed by atoms with E-state index in [0.717, 1.165) is 77.0 Å². The minimum absolute atomic E-state index is 0.617. The zero-order valence-corrected chi connectivity index (χ0v) is 22.7. The van der Waals surface area contributed by atoms with Crippen LogP contribution in [0, 0.1) is 0 Å². The van der Waals surface area contributed by atoms with E-state index in [9.17, 15) is 10.2 Å². The Balaban J connectivity index is 4.13. The van der Waals surface area contributed by atoms with Crippen molar-refractivity contribution in [2.24, 2.45) is 0 Å². The Morgan fingerprint density at radius 1 is 0.531 bits per heavy atom. The normalized spacial score (nSPS) is 16.3. The van der Waals surface area contributed by atoms with E-state index in [4.69, 9.17) is 0 Å². The van der Waals surface area contributed by atoms with Crippen molar-refractivity contribution in [3.05, 3.63) is 46.6 Å². The summed E-state index contributed by atoms with van der Waals surface area (Å²) in [6.45, 7) is 16.9. The number of hydrogen-bond donors (Lipinski definition) is 2. The second kappa shape index (κ2) is 16.5. The Morgan fingerprint density at radius 3 is 1.19 bits per heavy atom. The Hall–Kier alpha value is -1.12. The number of unbranched alkanes of at least 4 members (excludes halogenated alkanes) is 1. The molecule has 2 atom stereocenters. The summed E-state index contributed by atoms with van der Waals surface area (Å²) < 4.78 is 0. The van der Waals surface area contributed by atoms with Crippen LogP contribution in [0.2, 0.25) is 0 Å². The molecule has 2 heteroatoms. The molecule has 0 aliphatic heterocycles. The standard InChI is InChI=1S/C30H54O2/c1-25(2)15-11-17-27(5)19-13-23-29(7,31)21-9-10-22-30(8,32)24-14-20-28(6)18-12-16-26(3)4/h15-16,19-20,31-32H,9-14,17-18,21-24H2,1-8H3/b27-19-,28-20+. The summed E-state index contributed by atoms with van der Waals surface area (Å²) in [5, 5.41) is 21.4. The highest BCUT2D eigenvalue weighted by atomic mass is 16.3. The highest BCUT2D eigenvalue weighted by Gasteiger charge is 2.22. The maximum absolute atomic E-state index is 10.7. The van der Waals surface area contributed by atoms with Crippen LogP contribution in [-0.2, 0) is 0 Å². The molecular weight excluding hydrogens is 392 g/mol. The number of rotatable bonds is 17. The highest BCUT2D eigenvalue weighted by Crippen LogP contribution is 2.25. The van der Waals surface area contributed by atoms with E-state index in [2.05, 4.69) is 65.8 Å². The molecule has 0 aliphatic rings. The molecule has 0 bridgehead atoms. The van der Waals surface area contributed by atoms with Gasteiger partial charge in [0.05, 0.1) is 11.2 Å². The molecule has 186 valence electrons. The van der Waals surface area contributed by atoms with Gasteiger partial charge in [-0.15, -0.1) is 0 Å². The topological polar surface area (TPSA) is 40.5 Å². The monoisotopic (exact) mass is 446 g/mol. The summed E-state index contributed by atoms with van der Waals surface area (Å²) >= 11 is 0. The highest BCUT2D eigenvalue weighted by molar-refractivity contribution is 5.03. The fourth-order valence-corrected chi connectivity index (χ4v) is 3.90. The van der Waals surface area contributed by atoms with Gasteiger partial charge in [-0.05, 0) is 120 Å². The number of allylic oxidation sites excluding steroid dienone is 8. The molecule has 0 aromatic heterocycles. The fraction of sp³-hybridized carbons (Fsp3) is 0.733. The van der Waals surface area contributed by atoms with Crippen LogP contribution in [0.1, 0.15) is 132 Å². The molecule has 2 unspecified atom stereocenters. The van der Waals surface area contributed by atoms with Crippen LogP contribution in [0.3, 0.4) is 0 Å². The maximum atomic E-state index is 10.7. The van der Waals surface area contributed by atoms with Gasteiger partial charge in [-0.1, -0.05) is 59.4 Å². The van der Waals surface area contributed by atoms with Crippen LogP contribution in [0.15, 0.2) is 46.6 Å². The van der Waals surface area contributed by atoms with Gasteiger partial charge in [-0.3, -0.25) is 0 Å². The van der Waals surface area contributed by atoms with E-state index >= 15 is 0 Å². The molecular formula is C30H54O2.